The Morgan fingerprint density at radius 3 is 2.68 bits per heavy atom. The molecule has 1 amide bonds. The molecular weight excluding hydrogens is 344 g/mol. The Balaban J connectivity index is 1.88. The number of nitrogens with zero attached hydrogens (tertiary/aromatic N) is 1. The van der Waals surface area contributed by atoms with Gasteiger partial charge >= 0.3 is 10.8 Å². The fourth-order valence-electron chi connectivity index (χ4n) is 2.17. The number of rotatable bonds is 7. The molecule has 0 aliphatic heterocycles. The van der Waals surface area contributed by atoms with Crippen LogP contribution in [0.3, 0.4) is 0 Å². The number of methoxy groups -OCH3 is 1. The molecular formula is C17H20N2O5S. The standard InChI is InChI=1S/C17H20N2O5S/c1-11-10-25-17(22)19(11)9-8-15(20)24-12(2)16(21)18-13-6-4-5-7-14(13)23-3/h4-7,10,12H,8-9H2,1-3H3,(H,18,21)/t12-/m0/s1. The molecule has 7 nitrogen and oxygen atoms in total. The van der Waals surface area contributed by atoms with Gasteiger partial charge in [-0.15, -0.1) is 0 Å². The number of hydrogen-bond acceptors (Lipinski definition) is 6. The molecule has 1 aromatic heterocycles. The third kappa shape index (κ3) is 4.93. The lowest BCUT2D eigenvalue weighted by Gasteiger charge is -2.15. The summed E-state index contributed by atoms with van der Waals surface area (Å²) in [6.45, 7) is 3.52. The molecule has 2 rings (SSSR count). The van der Waals surface area contributed by atoms with Gasteiger partial charge in [0.25, 0.3) is 5.91 Å². The van der Waals surface area contributed by atoms with E-state index in [-0.39, 0.29) is 17.8 Å². The third-order valence-corrected chi connectivity index (χ3v) is 4.44. The number of amides is 1. The van der Waals surface area contributed by atoms with E-state index in [0.717, 1.165) is 17.0 Å². The first-order chi connectivity index (χ1) is 11.9. The molecule has 0 fully saturated rings. The van der Waals surface area contributed by atoms with E-state index >= 15 is 0 Å². The molecule has 25 heavy (non-hydrogen) atoms. The van der Waals surface area contributed by atoms with Crippen molar-refractivity contribution in [3.05, 3.63) is 45.0 Å². The van der Waals surface area contributed by atoms with E-state index in [0.29, 0.717) is 11.4 Å². The minimum atomic E-state index is -0.960. The van der Waals surface area contributed by atoms with Crippen LogP contribution in [0, 0.1) is 6.92 Å². The Bertz CT molecular complexity index is 811. The minimum absolute atomic E-state index is 0.0176. The molecule has 2 aromatic rings. The molecule has 0 bridgehead atoms. The number of esters is 1. The lowest BCUT2D eigenvalue weighted by atomic mass is 10.2. The summed E-state index contributed by atoms with van der Waals surface area (Å²) in [6.07, 6.45) is -0.943. The maximum absolute atomic E-state index is 12.2. The zero-order chi connectivity index (χ0) is 18.4. The maximum Gasteiger partial charge on any atom is 0.308 e. The highest BCUT2D eigenvalue weighted by atomic mass is 32.1. The summed E-state index contributed by atoms with van der Waals surface area (Å²) >= 11 is 1.09. The van der Waals surface area contributed by atoms with Crippen molar-refractivity contribution in [1.29, 1.82) is 0 Å². The van der Waals surface area contributed by atoms with Gasteiger partial charge < -0.3 is 19.4 Å². The molecule has 0 aliphatic rings. The largest absolute Gasteiger partial charge is 0.495 e. The second kappa shape index (κ2) is 8.48. The first kappa shape index (κ1) is 18.7. The van der Waals surface area contributed by atoms with Crippen molar-refractivity contribution in [2.75, 3.05) is 12.4 Å². The molecule has 0 radical (unpaired) electrons. The number of nitrogens with one attached hydrogen (secondary N) is 1. The van der Waals surface area contributed by atoms with Gasteiger partial charge in [-0.3, -0.25) is 14.4 Å². The van der Waals surface area contributed by atoms with Gasteiger partial charge in [-0.2, -0.15) is 0 Å². The van der Waals surface area contributed by atoms with Gasteiger partial charge in [0, 0.05) is 17.6 Å². The van der Waals surface area contributed by atoms with Crippen LogP contribution >= 0.6 is 11.3 Å². The zero-order valence-corrected chi connectivity index (χ0v) is 15.1. The molecule has 0 spiro atoms. The smallest absolute Gasteiger partial charge is 0.308 e. The first-order valence-electron chi connectivity index (χ1n) is 7.70. The van der Waals surface area contributed by atoms with E-state index in [1.807, 2.05) is 0 Å². The van der Waals surface area contributed by atoms with Crippen LogP contribution in [-0.2, 0) is 20.9 Å². The van der Waals surface area contributed by atoms with Crippen molar-refractivity contribution in [2.24, 2.45) is 0 Å². The van der Waals surface area contributed by atoms with E-state index in [9.17, 15) is 14.4 Å². The Hall–Kier alpha value is -2.61. The number of para-hydroxylation sites is 2. The summed E-state index contributed by atoms with van der Waals surface area (Å²) in [5.41, 5.74) is 1.29. The topological polar surface area (TPSA) is 86.6 Å². The van der Waals surface area contributed by atoms with Crippen LogP contribution < -0.4 is 14.9 Å². The van der Waals surface area contributed by atoms with Crippen molar-refractivity contribution >= 4 is 28.9 Å². The van der Waals surface area contributed by atoms with E-state index in [1.54, 1.807) is 36.6 Å². The maximum atomic E-state index is 12.2. The predicted molar refractivity (Wildman–Crippen MR) is 95.1 cm³/mol. The Morgan fingerprint density at radius 2 is 2.04 bits per heavy atom. The number of ether oxygens (including phenoxy) is 2. The number of aromatic nitrogens is 1. The van der Waals surface area contributed by atoms with Crippen LogP contribution in [-0.4, -0.2) is 29.7 Å². The quantitative estimate of drug-likeness (QED) is 0.761. The Morgan fingerprint density at radius 1 is 1.32 bits per heavy atom. The fourth-order valence-corrected chi connectivity index (χ4v) is 2.93. The monoisotopic (exact) mass is 364 g/mol. The zero-order valence-electron chi connectivity index (χ0n) is 14.3. The second-order valence-electron chi connectivity index (χ2n) is 5.37. The number of benzene rings is 1. The lowest BCUT2D eigenvalue weighted by molar-refractivity contribution is -0.153. The van der Waals surface area contributed by atoms with Crippen LogP contribution in [0.2, 0.25) is 0 Å². The molecule has 0 saturated heterocycles. The average molecular weight is 364 g/mol. The minimum Gasteiger partial charge on any atom is -0.495 e. The molecule has 0 aliphatic carbocycles. The van der Waals surface area contributed by atoms with Crippen molar-refractivity contribution in [3.63, 3.8) is 0 Å². The molecule has 1 atom stereocenters. The van der Waals surface area contributed by atoms with Gasteiger partial charge in [-0.1, -0.05) is 23.5 Å². The number of anilines is 1. The average Bonchev–Trinajstić information content (AvgIpc) is 2.91. The van der Waals surface area contributed by atoms with Gasteiger partial charge in [-0.05, 0) is 26.0 Å². The van der Waals surface area contributed by atoms with Crippen LogP contribution in [0.15, 0.2) is 34.4 Å². The summed E-state index contributed by atoms with van der Waals surface area (Å²) in [5.74, 6) is -0.483. The van der Waals surface area contributed by atoms with Crippen LogP contribution in [0.1, 0.15) is 19.0 Å². The van der Waals surface area contributed by atoms with Gasteiger partial charge in [0.05, 0.1) is 19.2 Å². The highest BCUT2D eigenvalue weighted by Crippen LogP contribution is 2.23. The molecule has 1 heterocycles. The molecule has 0 saturated carbocycles. The molecule has 1 aromatic carbocycles. The first-order valence-corrected chi connectivity index (χ1v) is 8.58. The van der Waals surface area contributed by atoms with Gasteiger partial charge in [0.2, 0.25) is 0 Å². The van der Waals surface area contributed by atoms with Crippen molar-refractivity contribution in [2.45, 2.75) is 32.9 Å². The van der Waals surface area contributed by atoms with Crippen LogP contribution in [0.5, 0.6) is 5.75 Å². The summed E-state index contributed by atoms with van der Waals surface area (Å²) in [7, 11) is 1.50. The summed E-state index contributed by atoms with van der Waals surface area (Å²) < 4.78 is 11.8. The van der Waals surface area contributed by atoms with E-state index in [2.05, 4.69) is 5.32 Å². The van der Waals surface area contributed by atoms with E-state index in [1.165, 1.54) is 18.6 Å². The van der Waals surface area contributed by atoms with E-state index < -0.39 is 18.0 Å². The van der Waals surface area contributed by atoms with Gasteiger partial charge in [0.15, 0.2) is 6.10 Å². The highest BCUT2D eigenvalue weighted by Gasteiger charge is 2.19. The number of hydrogen-bond donors (Lipinski definition) is 1. The van der Waals surface area contributed by atoms with E-state index in [4.69, 9.17) is 9.47 Å². The number of carbonyl (C=O) groups is 2. The number of carbonyl (C=O) groups excluding carboxylic acids is 2. The summed E-state index contributed by atoms with van der Waals surface area (Å²) in [6, 6.07) is 6.95. The van der Waals surface area contributed by atoms with Crippen LogP contribution in [0.4, 0.5) is 5.69 Å². The predicted octanol–water partition coefficient (Wildman–Crippen LogP) is 2.19. The molecule has 134 valence electrons. The highest BCUT2D eigenvalue weighted by molar-refractivity contribution is 7.07. The Kier molecular flexibility index (Phi) is 6.35. The van der Waals surface area contributed by atoms with Crippen LogP contribution in [0.25, 0.3) is 0 Å². The van der Waals surface area contributed by atoms with Crippen molar-refractivity contribution in [3.8, 4) is 5.75 Å². The molecule has 0 unspecified atom stereocenters. The fraction of sp³-hybridized carbons (Fsp3) is 0.353. The third-order valence-electron chi connectivity index (χ3n) is 3.56. The number of aryl methyl sites for hydroxylation is 1. The van der Waals surface area contributed by atoms with Crippen molar-refractivity contribution in [1.82, 2.24) is 4.57 Å². The molecule has 8 heteroatoms. The summed E-state index contributed by atoms with van der Waals surface area (Å²) in [4.78, 5) is 35.6. The molecule has 1 N–H and O–H groups in total. The number of thiazole rings is 1. The van der Waals surface area contributed by atoms with Gasteiger partial charge in [-0.25, -0.2) is 0 Å². The Labute approximate surface area is 149 Å². The summed E-state index contributed by atoms with van der Waals surface area (Å²) in [5, 5.41) is 4.39. The normalized spacial score (nSPS) is 11.6. The lowest BCUT2D eigenvalue weighted by Crippen LogP contribution is -2.30. The second-order valence-corrected chi connectivity index (χ2v) is 6.19. The SMILES string of the molecule is COc1ccccc1NC(=O)[C@H](C)OC(=O)CCn1c(C)csc1=O. The van der Waals surface area contributed by atoms with Crippen molar-refractivity contribution < 1.29 is 19.1 Å². The van der Waals surface area contributed by atoms with Gasteiger partial charge in [0.1, 0.15) is 5.75 Å².